The number of carbonyl (C=O) groups excluding carboxylic acids is 2. The van der Waals surface area contributed by atoms with Gasteiger partial charge in [0.05, 0.1) is 5.92 Å². The molecule has 0 bridgehead atoms. The number of anilines is 1. The van der Waals surface area contributed by atoms with Gasteiger partial charge in [0, 0.05) is 30.4 Å². The summed E-state index contributed by atoms with van der Waals surface area (Å²) in [6.45, 7) is 9.31. The van der Waals surface area contributed by atoms with Gasteiger partial charge in [-0.3, -0.25) is 9.59 Å². The van der Waals surface area contributed by atoms with E-state index in [1.807, 2.05) is 30.3 Å². The van der Waals surface area contributed by atoms with Gasteiger partial charge >= 0.3 is 0 Å². The van der Waals surface area contributed by atoms with Crippen LogP contribution in [0, 0.1) is 5.92 Å². The molecule has 31 heavy (non-hydrogen) atoms. The smallest absolute Gasteiger partial charge is 0.251 e. The Hall–Kier alpha value is -2.12. The number of hydrogen-bond donors (Lipinski definition) is 3. The van der Waals surface area contributed by atoms with Crippen LogP contribution in [0.5, 0.6) is 0 Å². The molecule has 0 aliphatic carbocycles. The van der Waals surface area contributed by atoms with Crippen molar-refractivity contribution in [1.29, 1.82) is 0 Å². The number of rotatable bonds is 10. The second-order valence-corrected chi connectivity index (χ2v) is 7.08. The van der Waals surface area contributed by atoms with Crippen molar-refractivity contribution in [3.63, 3.8) is 0 Å². The lowest BCUT2D eigenvalue weighted by Gasteiger charge is -2.20. The molecule has 0 spiro atoms. The Morgan fingerprint density at radius 3 is 2.26 bits per heavy atom. The van der Waals surface area contributed by atoms with Crippen molar-refractivity contribution in [3.8, 4) is 0 Å². The van der Waals surface area contributed by atoms with Gasteiger partial charge in [0.25, 0.3) is 5.91 Å². The fourth-order valence-corrected chi connectivity index (χ4v) is 3.09. The lowest BCUT2D eigenvalue weighted by Crippen LogP contribution is -2.34. The van der Waals surface area contributed by atoms with Crippen LogP contribution < -0.4 is 16.4 Å². The van der Waals surface area contributed by atoms with E-state index in [-0.39, 0.29) is 36.6 Å². The van der Waals surface area contributed by atoms with Crippen LogP contribution in [0.2, 0.25) is 0 Å². The second kappa shape index (κ2) is 14.8. The average Bonchev–Trinajstić information content (AvgIpc) is 2.76. The summed E-state index contributed by atoms with van der Waals surface area (Å²) in [6.07, 6.45) is 0. The molecule has 0 saturated carbocycles. The second-order valence-electron chi connectivity index (χ2n) is 7.08. The molecule has 0 saturated heterocycles. The molecule has 2 unspecified atom stereocenters. The molecule has 0 aliphatic heterocycles. The molecule has 172 valence electrons. The summed E-state index contributed by atoms with van der Waals surface area (Å²) in [6, 6.07) is 16.1. The SMILES string of the molecule is CCN(CC)CCNC(=O)c1cccc(NC(=O)C(C)C(N)c2ccccc2)c1.Cl.Cl. The van der Waals surface area contributed by atoms with Crippen molar-refractivity contribution >= 4 is 42.3 Å². The Morgan fingerprint density at radius 2 is 1.65 bits per heavy atom. The van der Waals surface area contributed by atoms with Gasteiger partial charge in [-0.2, -0.15) is 0 Å². The molecule has 0 aromatic heterocycles. The maximum atomic E-state index is 12.6. The van der Waals surface area contributed by atoms with E-state index in [1.54, 1.807) is 31.2 Å². The molecule has 2 amide bonds. The van der Waals surface area contributed by atoms with Crippen LogP contribution in [0.15, 0.2) is 54.6 Å². The van der Waals surface area contributed by atoms with Gasteiger partial charge in [0.2, 0.25) is 5.91 Å². The summed E-state index contributed by atoms with van der Waals surface area (Å²) in [5.41, 5.74) is 8.26. The minimum atomic E-state index is -0.413. The summed E-state index contributed by atoms with van der Waals surface area (Å²) >= 11 is 0. The molecular formula is C23H34Cl2N4O2. The van der Waals surface area contributed by atoms with Gasteiger partial charge < -0.3 is 21.3 Å². The Bertz CT molecular complexity index is 801. The zero-order valence-corrected chi connectivity index (χ0v) is 20.0. The van der Waals surface area contributed by atoms with E-state index < -0.39 is 12.0 Å². The predicted molar refractivity (Wildman–Crippen MR) is 132 cm³/mol. The van der Waals surface area contributed by atoms with E-state index in [4.69, 9.17) is 5.73 Å². The lowest BCUT2D eigenvalue weighted by molar-refractivity contribution is -0.120. The van der Waals surface area contributed by atoms with Crippen molar-refractivity contribution in [2.45, 2.75) is 26.8 Å². The van der Waals surface area contributed by atoms with Crippen molar-refractivity contribution in [2.75, 3.05) is 31.5 Å². The summed E-state index contributed by atoms with van der Waals surface area (Å²) in [4.78, 5) is 27.3. The molecule has 0 aliphatic rings. The zero-order chi connectivity index (χ0) is 21.2. The number of hydrogen-bond acceptors (Lipinski definition) is 4. The van der Waals surface area contributed by atoms with E-state index in [2.05, 4.69) is 29.4 Å². The fraction of sp³-hybridized carbons (Fsp3) is 0.391. The van der Waals surface area contributed by atoms with Gasteiger partial charge in [0.15, 0.2) is 0 Å². The van der Waals surface area contributed by atoms with E-state index in [0.29, 0.717) is 17.8 Å². The molecular weight excluding hydrogens is 435 g/mol. The molecule has 2 aromatic carbocycles. The summed E-state index contributed by atoms with van der Waals surface area (Å²) in [5, 5.41) is 5.80. The van der Waals surface area contributed by atoms with Crippen LogP contribution in [0.25, 0.3) is 0 Å². The highest BCUT2D eigenvalue weighted by Gasteiger charge is 2.22. The van der Waals surface area contributed by atoms with Gasteiger partial charge in [-0.05, 0) is 36.9 Å². The number of benzene rings is 2. The number of amides is 2. The number of halogens is 2. The van der Waals surface area contributed by atoms with Crippen molar-refractivity contribution in [3.05, 3.63) is 65.7 Å². The third kappa shape index (κ3) is 8.87. The van der Waals surface area contributed by atoms with Gasteiger partial charge in [-0.15, -0.1) is 24.8 Å². The Morgan fingerprint density at radius 1 is 1.00 bits per heavy atom. The molecule has 2 aromatic rings. The summed E-state index contributed by atoms with van der Waals surface area (Å²) in [5.74, 6) is -0.744. The molecule has 2 rings (SSSR count). The molecule has 8 heteroatoms. The first-order chi connectivity index (χ1) is 14.0. The van der Waals surface area contributed by atoms with Crippen LogP contribution >= 0.6 is 24.8 Å². The standard InChI is InChI=1S/C23H32N4O2.2ClH/c1-4-27(5-2)15-14-25-23(29)19-12-9-13-20(16-19)26-22(28)17(3)21(24)18-10-7-6-8-11-18;;/h6-13,16-17,21H,4-5,14-15,24H2,1-3H3,(H,25,29)(H,26,28);2*1H. The minimum Gasteiger partial charge on any atom is -0.351 e. The predicted octanol–water partition coefficient (Wildman–Crippen LogP) is 3.88. The van der Waals surface area contributed by atoms with Crippen molar-refractivity contribution in [2.24, 2.45) is 11.7 Å². The molecule has 0 heterocycles. The number of nitrogens with two attached hydrogens (primary N) is 1. The lowest BCUT2D eigenvalue weighted by atomic mass is 9.94. The van der Waals surface area contributed by atoms with Crippen molar-refractivity contribution < 1.29 is 9.59 Å². The first kappa shape index (κ1) is 28.9. The van der Waals surface area contributed by atoms with Crippen LogP contribution in [0.1, 0.15) is 42.7 Å². The third-order valence-electron chi connectivity index (χ3n) is 5.14. The zero-order valence-electron chi connectivity index (χ0n) is 18.3. The van der Waals surface area contributed by atoms with Crippen LogP contribution in [0.4, 0.5) is 5.69 Å². The largest absolute Gasteiger partial charge is 0.351 e. The topological polar surface area (TPSA) is 87.5 Å². The van der Waals surface area contributed by atoms with Crippen LogP contribution in [0.3, 0.4) is 0 Å². The highest BCUT2D eigenvalue weighted by molar-refractivity contribution is 5.97. The molecule has 2 atom stereocenters. The van der Waals surface area contributed by atoms with Gasteiger partial charge in [0.1, 0.15) is 0 Å². The van der Waals surface area contributed by atoms with E-state index in [0.717, 1.165) is 25.2 Å². The first-order valence-electron chi connectivity index (χ1n) is 10.2. The Labute approximate surface area is 197 Å². The molecule has 0 fully saturated rings. The third-order valence-corrected chi connectivity index (χ3v) is 5.14. The number of likely N-dealkylation sites (N-methyl/N-ethyl adjacent to an activating group) is 1. The Kier molecular flexibility index (Phi) is 13.8. The fourth-order valence-electron chi connectivity index (χ4n) is 3.09. The average molecular weight is 469 g/mol. The van der Waals surface area contributed by atoms with Crippen molar-refractivity contribution in [1.82, 2.24) is 10.2 Å². The monoisotopic (exact) mass is 468 g/mol. The maximum absolute atomic E-state index is 12.6. The molecule has 0 radical (unpaired) electrons. The summed E-state index contributed by atoms with van der Waals surface area (Å²) in [7, 11) is 0. The highest BCUT2D eigenvalue weighted by Crippen LogP contribution is 2.21. The summed E-state index contributed by atoms with van der Waals surface area (Å²) < 4.78 is 0. The minimum absolute atomic E-state index is 0. The van der Waals surface area contributed by atoms with Gasteiger partial charge in [-0.25, -0.2) is 0 Å². The number of nitrogens with zero attached hydrogens (tertiary/aromatic N) is 1. The van der Waals surface area contributed by atoms with E-state index in [9.17, 15) is 9.59 Å². The molecule has 4 N–H and O–H groups in total. The maximum Gasteiger partial charge on any atom is 0.251 e. The van der Waals surface area contributed by atoms with Crippen LogP contribution in [-0.4, -0.2) is 42.9 Å². The number of nitrogens with one attached hydrogen (secondary N) is 2. The highest BCUT2D eigenvalue weighted by atomic mass is 35.5. The molecule has 6 nitrogen and oxygen atoms in total. The van der Waals surface area contributed by atoms with E-state index >= 15 is 0 Å². The quantitative estimate of drug-likeness (QED) is 0.493. The number of carbonyl (C=O) groups is 2. The normalized spacial score (nSPS) is 12.2. The van der Waals surface area contributed by atoms with E-state index in [1.165, 1.54) is 0 Å². The first-order valence-corrected chi connectivity index (χ1v) is 10.2. The van der Waals surface area contributed by atoms with Crippen LogP contribution in [-0.2, 0) is 4.79 Å². The Balaban J connectivity index is 0.00000450. The van der Waals surface area contributed by atoms with Gasteiger partial charge in [-0.1, -0.05) is 57.2 Å².